The quantitative estimate of drug-likeness (QED) is 0.0518. The SMILES string of the molecule is CCCCCCCCCCCCCCCCOc1ccc(CN(CCCCCCCCCCCCCCCC)Cc2ccc[n+](C)c2)cc1C(C)(C)C. The number of nitrogens with zero attached hydrogens (tertiary/aromatic N) is 2. The third kappa shape index (κ3) is 25.0. The molecule has 0 aliphatic carbocycles. The Bertz CT molecular complexity index is 1120. The summed E-state index contributed by atoms with van der Waals surface area (Å²) in [5, 5.41) is 0. The highest BCUT2D eigenvalue weighted by molar-refractivity contribution is 5.41. The third-order valence-corrected chi connectivity index (χ3v) is 11.2. The van der Waals surface area contributed by atoms with Crippen molar-refractivity contribution >= 4 is 0 Å². The molecule has 0 fully saturated rings. The molecular weight excluding hydrogens is 645 g/mol. The van der Waals surface area contributed by atoms with Gasteiger partial charge in [-0.3, -0.25) is 4.90 Å². The molecule has 3 heteroatoms. The minimum absolute atomic E-state index is 0.0491. The molecule has 0 aliphatic rings. The molecule has 0 atom stereocenters. The van der Waals surface area contributed by atoms with Gasteiger partial charge in [-0.25, -0.2) is 4.57 Å². The van der Waals surface area contributed by atoms with Crippen molar-refractivity contribution in [3.63, 3.8) is 0 Å². The number of unbranched alkanes of at least 4 members (excludes halogenated alkanes) is 26. The number of aryl methyl sites for hydroxylation is 1. The maximum absolute atomic E-state index is 6.48. The number of aromatic nitrogens is 1. The fraction of sp³-hybridized carbons (Fsp3) is 0.780. The Morgan fingerprint density at radius 2 is 0.962 bits per heavy atom. The topological polar surface area (TPSA) is 16.4 Å². The summed E-state index contributed by atoms with van der Waals surface area (Å²) in [7, 11) is 2.13. The first-order valence-corrected chi connectivity index (χ1v) is 23.3. The summed E-state index contributed by atoms with van der Waals surface area (Å²) in [5.74, 6) is 1.09. The predicted molar refractivity (Wildman–Crippen MR) is 233 cm³/mol. The molecule has 0 bridgehead atoms. The van der Waals surface area contributed by atoms with Gasteiger partial charge in [0, 0.05) is 24.7 Å². The van der Waals surface area contributed by atoms with Crippen molar-refractivity contribution in [3.05, 3.63) is 59.4 Å². The second kappa shape index (κ2) is 31.3. The lowest BCUT2D eigenvalue weighted by Gasteiger charge is -2.26. The van der Waals surface area contributed by atoms with Crippen LogP contribution in [0.3, 0.4) is 0 Å². The summed E-state index contributed by atoms with van der Waals surface area (Å²) in [6.45, 7) is 15.6. The van der Waals surface area contributed by atoms with Crippen LogP contribution in [0.5, 0.6) is 5.75 Å². The van der Waals surface area contributed by atoms with E-state index in [9.17, 15) is 0 Å². The summed E-state index contributed by atoms with van der Waals surface area (Å²) >= 11 is 0. The highest BCUT2D eigenvalue weighted by Gasteiger charge is 2.20. The smallest absolute Gasteiger partial charge is 0.173 e. The first kappa shape index (κ1) is 47.3. The number of pyridine rings is 1. The summed E-state index contributed by atoms with van der Waals surface area (Å²) in [5.41, 5.74) is 4.20. The van der Waals surface area contributed by atoms with Gasteiger partial charge in [-0.15, -0.1) is 0 Å². The minimum Gasteiger partial charge on any atom is -0.493 e. The molecule has 304 valence electrons. The van der Waals surface area contributed by atoms with Crippen molar-refractivity contribution in [2.24, 2.45) is 7.05 Å². The maximum Gasteiger partial charge on any atom is 0.173 e. The normalized spacial score (nSPS) is 11.9. The van der Waals surface area contributed by atoms with Crippen molar-refractivity contribution in [2.45, 2.75) is 233 Å². The molecule has 1 aromatic heterocycles. The van der Waals surface area contributed by atoms with E-state index in [1.807, 2.05) is 0 Å². The predicted octanol–water partition coefficient (Wildman–Crippen LogP) is 15.2. The van der Waals surface area contributed by atoms with Crippen molar-refractivity contribution in [3.8, 4) is 5.75 Å². The monoisotopic (exact) mass is 734 g/mol. The zero-order valence-electron chi connectivity index (χ0n) is 36.5. The van der Waals surface area contributed by atoms with E-state index in [0.717, 1.165) is 38.4 Å². The summed E-state index contributed by atoms with van der Waals surface area (Å²) in [6, 6.07) is 11.5. The molecule has 53 heavy (non-hydrogen) atoms. The Morgan fingerprint density at radius 3 is 1.42 bits per heavy atom. The molecular formula is C50H89N2O+. The van der Waals surface area contributed by atoms with E-state index in [0.29, 0.717) is 0 Å². The Labute approximate surface area is 331 Å². The van der Waals surface area contributed by atoms with E-state index in [4.69, 9.17) is 4.74 Å². The molecule has 0 amide bonds. The number of ether oxygens (including phenoxy) is 1. The van der Waals surface area contributed by atoms with Crippen LogP contribution >= 0.6 is 0 Å². The lowest BCUT2D eigenvalue weighted by atomic mass is 9.85. The first-order valence-electron chi connectivity index (χ1n) is 23.3. The zero-order valence-corrected chi connectivity index (χ0v) is 36.5. The van der Waals surface area contributed by atoms with E-state index >= 15 is 0 Å². The van der Waals surface area contributed by atoms with Crippen LogP contribution in [0.15, 0.2) is 42.7 Å². The van der Waals surface area contributed by atoms with Crippen molar-refractivity contribution in [1.29, 1.82) is 0 Å². The fourth-order valence-corrected chi connectivity index (χ4v) is 7.87. The van der Waals surface area contributed by atoms with Gasteiger partial charge >= 0.3 is 0 Å². The first-order chi connectivity index (χ1) is 25.8. The lowest BCUT2D eigenvalue weighted by Crippen LogP contribution is -2.30. The van der Waals surface area contributed by atoms with E-state index in [1.165, 1.54) is 190 Å². The van der Waals surface area contributed by atoms with Crippen molar-refractivity contribution in [1.82, 2.24) is 4.90 Å². The molecule has 0 unspecified atom stereocenters. The van der Waals surface area contributed by atoms with Crippen LogP contribution in [0.4, 0.5) is 0 Å². The van der Waals surface area contributed by atoms with Crippen LogP contribution in [-0.4, -0.2) is 18.1 Å². The van der Waals surface area contributed by atoms with Gasteiger partial charge in [-0.1, -0.05) is 214 Å². The average molecular weight is 734 g/mol. The van der Waals surface area contributed by atoms with Crippen LogP contribution in [-0.2, 0) is 25.6 Å². The van der Waals surface area contributed by atoms with E-state index in [-0.39, 0.29) is 5.41 Å². The van der Waals surface area contributed by atoms with Gasteiger partial charge in [0.15, 0.2) is 12.4 Å². The van der Waals surface area contributed by atoms with Gasteiger partial charge in [0.1, 0.15) is 12.8 Å². The van der Waals surface area contributed by atoms with Crippen molar-refractivity contribution < 1.29 is 9.30 Å². The molecule has 0 saturated heterocycles. The molecule has 2 aromatic rings. The maximum atomic E-state index is 6.48. The van der Waals surface area contributed by atoms with Crippen LogP contribution in [0.25, 0.3) is 0 Å². The van der Waals surface area contributed by atoms with Crippen LogP contribution in [0.2, 0.25) is 0 Å². The second-order valence-corrected chi connectivity index (χ2v) is 17.7. The van der Waals surface area contributed by atoms with Gasteiger partial charge in [0.05, 0.1) is 6.61 Å². The molecule has 0 N–H and O–H groups in total. The molecule has 1 aromatic carbocycles. The molecule has 1 heterocycles. The van der Waals surface area contributed by atoms with E-state index in [2.05, 4.69) is 93.9 Å². The molecule has 0 radical (unpaired) electrons. The largest absolute Gasteiger partial charge is 0.493 e. The molecule has 0 saturated carbocycles. The van der Waals surface area contributed by atoms with E-state index in [1.54, 1.807) is 0 Å². The lowest BCUT2D eigenvalue weighted by molar-refractivity contribution is -0.672. The summed E-state index contributed by atoms with van der Waals surface area (Å²) in [4.78, 5) is 2.67. The average Bonchev–Trinajstić information content (AvgIpc) is 3.13. The Hall–Kier alpha value is -1.87. The number of benzene rings is 1. The number of hydrogen-bond acceptors (Lipinski definition) is 2. The highest BCUT2D eigenvalue weighted by Crippen LogP contribution is 2.33. The van der Waals surface area contributed by atoms with Gasteiger partial charge in [-0.2, -0.15) is 0 Å². The summed E-state index contributed by atoms with van der Waals surface area (Å²) in [6.07, 6.45) is 43.6. The Kier molecular flexibility index (Phi) is 28.0. The zero-order chi connectivity index (χ0) is 38.2. The Balaban J connectivity index is 1.74. The second-order valence-electron chi connectivity index (χ2n) is 17.7. The highest BCUT2D eigenvalue weighted by atomic mass is 16.5. The third-order valence-electron chi connectivity index (χ3n) is 11.2. The van der Waals surface area contributed by atoms with Crippen molar-refractivity contribution in [2.75, 3.05) is 13.2 Å². The van der Waals surface area contributed by atoms with Gasteiger partial charge in [0.2, 0.25) is 0 Å². The molecule has 0 aliphatic heterocycles. The molecule has 0 spiro atoms. The van der Waals surface area contributed by atoms with Gasteiger partial charge in [-0.05, 0) is 48.1 Å². The summed E-state index contributed by atoms with van der Waals surface area (Å²) < 4.78 is 8.66. The molecule has 3 nitrogen and oxygen atoms in total. The van der Waals surface area contributed by atoms with Crippen LogP contribution < -0.4 is 9.30 Å². The van der Waals surface area contributed by atoms with Crippen LogP contribution in [0, 0.1) is 0 Å². The minimum atomic E-state index is 0.0491. The number of hydrogen-bond donors (Lipinski definition) is 0. The number of rotatable bonds is 35. The standard InChI is InChI=1S/C50H89N2O/c1-7-9-11-13-15-17-19-21-23-25-27-29-31-33-40-52(45-47-36-35-39-51(6)43-47)44-46-37-38-49(48(42-46)50(3,4)5)53-41-34-32-30-28-26-24-22-20-18-16-14-12-10-8-2/h35-39,42-43H,7-34,40-41,44-45H2,1-6H3/q+1. The molecule has 2 rings (SSSR count). The fourth-order valence-electron chi connectivity index (χ4n) is 7.87. The van der Waals surface area contributed by atoms with E-state index < -0.39 is 0 Å². The van der Waals surface area contributed by atoms with Crippen LogP contribution in [0.1, 0.15) is 231 Å². The van der Waals surface area contributed by atoms with Gasteiger partial charge in [0.25, 0.3) is 0 Å². The van der Waals surface area contributed by atoms with Gasteiger partial charge < -0.3 is 4.74 Å². The Morgan fingerprint density at radius 1 is 0.528 bits per heavy atom.